The van der Waals surface area contributed by atoms with Gasteiger partial charge in [-0.05, 0) is 77.0 Å². The van der Waals surface area contributed by atoms with Crippen molar-refractivity contribution in [1.29, 1.82) is 0 Å². The number of phosphoric ester groups is 1. The van der Waals surface area contributed by atoms with Gasteiger partial charge in [-0.1, -0.05) is 286 Å². The molecule has 0 saturated heterocycles. The van der Waals surface area contributed by atoms with Gasteiger partial charge < -0.3 is 28.8 Å². The highest BCUT2D eigenvalue weighted by atomic mass is 31.2. The lowest BCUT2D eigenvalue weighted by atomic mass is 10.0. The number of nitrogens with one attached hydrogen (secondary N) is 1. The zero-order valence-corrected chi connectivity index (χ0v) is 51.9. The SMILES string of the molecule is CCCCCCCCC/C=C/CC/C=C/CC/C=C/C(O)C(COP(=O)([O-])OCC[N+](C)(C)C)NC(=O)CCCCCCCCCCCCCCCCCCC/C=C\C/C=C\CCCCCCCCCCCCCCC. The molecule has 3 atom stereocenters. The smallest absolute Gasteiger partial charge is 0.268 e. The van der Waals surface area contributed by atoms with Gasteiger partial charge in [0, 0.05) is 6.42 Å². The second kappa shape index (κ2) is 57.9. The maximum atomic E-state index is 13.0. The van der Waals surface area contributed by atoms with Crippen LogP contribution in [-0.4, -0.2) is 68.5 Å². The standard InChI is InChI=1S/C67H127N2O6P/c1-6-8-10-12-14-16-18-20-22-24-25-26-27-28-29-30-31-32-33-34-35-36-37-38-39-40-41-42-43-45-47-49-51-53-55-57-59-61-67(71)68-65(64-75-76(72,73)74-63-62-69(3,4)5)66(70)60-58-56-54-52-50-48-46-44-23-21-19-17-15-13-11-9-7-2/h23,29-30,32-33,44,50,52,58,60,65-66,70H,6-22,24-28,31,34-43,45-49,51,53-57,59,61-64H2,1-5H3,(H-,68,71,72,73)/b30-29-,33-32-,44-23+,52-50+,60-58+. The van der Waals surface area contributed by atoms with Gasteiger partial charge in [0.2, 0.25) is 5.91 Å². The van der Waals surface area contributed by atoms with Crippen molar-refractivity contribution in [3.05, 3.63) is 60.8 Å². The minimum atomic E-state index is -4.61. The molecule has 0 aliphatic rings. The molecule has 0 aromatic heterocycles. The monoisotopic (exact) mass is 1090 g/mol. The zero-order chi connectivity index (χ0) is 55.6. The maximum absolute atomic E-state index is 13.0. The molecule has 0 aromatic rings. The summed E-state index contributed by atoms with van der Waals surface area (Å²) in [6, 6.07) is -0.911. The van der Waals surface area contributed by atoms with E-state index in [2.05, 4.69) is 67.8 Å². The third-order valence-electron chi connectivity index (χ3n) is 14.7. The van der Waals surface area contributed by atoms with Crippen molar-refractivity contribution in [2.45, 2.75) is 321 Å². The molecule has 0 aromatic carbocycles. The molecule has 9 heteroatoms. The summed E-state index contributed by atoms with van der Waals surface area (Å²) in [5, 5.41) is 13.9. The van der Waals surface area contributed by atoms with Gasteiger partial charge in [0.25, 0.3) is 7.82 Å². The molecular formula is C67H127N2O6P. The quantitative estimate of drug-likeness (QED) is 0.0272. The molecule has 76 heavy (non-hydrogen) atoms. The highest BCUT2D eigenvalue weighted by Crippen LogP contribution is 2.38. The van der Waals surface area contributed by atoms with Crippen LogP contribution < -0.4 is 10.2 Å². The number of carbonyl (C=O) groups excluding carboxylic acids is 1. The van der Waals surface area contributed by atoms with Crippen molar-refractivity contribution in [3.8, 4) is 0 Å². The molecule has 1 amide bonds. The Labute approximate surface area is 472 Å². The Kier molecular flexibility index (Phi) is 56.5. The van der Waals surface area contributed by atoms with E-state index in [1.54, 1.807) is 6.08 Å². The number of likely N-dealkylation sites (N-methyl/N-ethyl adjacent to an activating group) is 1. The van der Waals surface area contributed by atoms with Crippen molar-refractivity contribution in [2.24, 2.45) is 0 Å². The number of unbranched alkanes of at least 4 members (excludes halogenated alkanes) is 39. The number of hydrogen-bond donors (Lipinski definition) is 2. The van der Waals surface area contributed by atoms with Crippen LogP contribution in [0, 0.1) is 0 Å². The van der Waals surface area contributed by atoms with Crippen LogP contribution >= 0.6 is 7.82 Å². The number of amides is 1. The number of aliphatic hydroxyl groups excluding tert-OH is 1. The van der Waals surface area contributed by atoms with Crippen LogP contribution in [0.15, 0.2) is 60.8 Å². The first-order valence-electron chi connectivity index (χ1n) is 32.7. The summed E-state index contributed by atoms with van der Waals surface area (Å²) in [4.78, 5) is 25.5. The van der Waals surface area contributed by atoms with E-state index in [-0.39, 0.29) is 12.5 Å². The summed E-state index contributed by atoms with van der Waals surface area (Å²) in [5.74, 6) is -0.209. The number of phosphoric acid groups is 1. The molecule has 0 saturated carbocycles. The number of rotatable bonds is 60. The lowest BCUT2D eigenvalue weighted by molar-refractivity contribution is -0.870. The molecule has 2 N–H and O–H groups in total. The molecular weight excluding hydrogens is 960 g/mol. The minimum absolute atomic E-state index is 0.00959. The second-order valence-electron chi connectivity index (χ2n) is 23.4. The van der Waals surface area contributed by atoms with E-state index in [1.165, 1.54) is 238 Å². The number of carbonyl (C=O) groups is 1. The van der Waals surface area contributed by atoms with E-state index < -0.39 is 26.6 Å². The Balaban J connectivity index is 4.02. The fourth-order valence-electron chi connectivity index (χ4n) is 9.57. The average Bonchev–Trinajstić information content (AvgIpc) is 3.38. The molecule has 0 aliphatic carbocycles. The molecule has 446 valence electrons. The Morgan fingerprint density at radius 3 is 1.14 bits per heavy atom. The van der Waals surface area contributed by atoms with Crippen LogP contribution in [0.4, 0.5) is 0 Å². The first-order chi connectivity index (χ1) is 37.0. The largest absolute Gasteiger partial charge is 0.756 e. The van der Waals surface area contributed by atoms with Gasteiger partial charge in [0.15, 0.2) is 0 Å². The van der Waals surface area contributed by atoms with E-state index >= 15 is 0 Å². The van der Waals surface area contributed by atoms with Crippen molar-refractivity contribution in [3.63, 3.8) is 0 Å². The van der Waals surface area contributed by atoms with Crippen LogP contribution in [0.5, 0.6) is 0 Å². The number of quaternary nitrogens is 1. The zero-order valence-electron chi connectivity index (χ0n) is 51.0. The first-order valence-corrected chi connectivity index (χ1v) is 34.1. The predicted octanol–water partition coefficient (Wildman–Crippen LogP) is 19.8. The summed E-state index contributed by atoms with van der Waals surface area (Å²) in [6.07, 6.45) is 79.1. The number of allylic oxidation sites excluding steroid dienone is 9. The Morgan fingerprint density at radius 1 is 0.461 bits per heavy atom. The summed E-state index contributed by atoms with van der Waals surface area (Å²) in [7, 11) is 1.24. The molecule has 0 bridgehead atoms. The Morgan fingerprint density at radius 2 is 0.776 bits per heavy atom. The molecule has 3 unspecified atom stereocenters. The lowest BCUT2D eigenvalue weighted by Crippen LogP contribution is -2.45. The summed E-state index contributed by atoms with van der Waals surface area (Å²) in [6.45, 7) is 4.64. The molecule has 0 aliphatic heterocycles. The van der Waals surface area contributed by atoms with E-state index in [9.17, 15) is 19.4 Å². The molecule has 0 radical (unpaired) electrons. The highest BCUT2D eigenvalue weighted by molar-refractivity contribution is 7.45. The van der Waals surface area contributed by atoms with Crippen LogP contribution in [0.1, 0.15) is 309 Å². The van der Waals surface area contributed by atoms with Gasteiger partial charge >= 0.3 is 0 Å². The van der Waals surface area contributed by atoms with Crippen molar-refractivity contribution in [2.75, 3.05) is 40.9 Å². The van der Waals surface area contributed by atoms with Crippen LogP contribution in [0.2, 0.25) is 0 Å². The number of aliphatic hydroxyl groups is 1. The van der Waals surface area contributed by atoms with E-state index in [0.717, 1.165) is 51.4 Å². The van der Waals surface area contributed by atoms with Gasteiger partial charge in [-0.25, -0.2) is 0 Å². The van der Waals surface area contributed by atoms with Crippen molar-refractivity contribution < 1.29 is 32.9 Å². The highest BCUT2D eigenvalue weighted by Gasteiger charge is 2.23. The summed E-state index contributed by atoms with van der Waals surface area (Å²) in [5.41, 5.74) is 0. The van der Waals surface area contributed by atoms with Crippen LogP contribution in [-0.2, 0) is 18.4 Å². The molecule has 8 nitrogen and oxygen atoms in total. The number of nitrogens with zero attached hydrogens (tertiary/aromatic N) is 1. The second-order valence-corrected chi connectivity index (χ2v) is 24.9. The normalized spacial score (nSPS) is 14.1. The first kappa shape index (κ1) is 74.2. The van der Waals surface area contributed by atoms with E-state index in [4.69, 9.17) is 9.05 Å². The minimum Gasteiger partial charge on any atom is -0.756 e. The van der Waals surface area contributed by atoms with Gasteiger partial charge in [-0.15, -0.1) is 0 Å². The van der Waals surface area contributed by atoms with Gasteiger partial charge in [0.1, 0.15) is 13.2 Å². The average molecular weight is 1090 g/mol. The summed E-state index contributed by atoms with van der Waals surface area (Å²) < 4.78 is 23.3. The topological polar surface area (TPSA) is 108 Å². The van der Waals surface area contributed by atoms with E-state index in [1.807, 2.05) is 27.2 Å². The van der Waals surface area contributed by atoms with Gasteiger partial charge in [0.05, 0.1) is 39.9 Å². The fourth-order valence-corrected chi connectivity index (χ4v) is 10.3. The maximum Gasteiger partial charge on any atom is 0.268 e. The third kappa shape index (κ3) is 59.9. The number of hydrogen-bond acceptors (Lipinski definition) is 6. The van der Waals surface area contributed by atoms with Crippen molar-refractivity contribution >= 4 is 13.7 Å². The van der Waals surface area contributed by atoms with Crippen LogP contribution in [0.3, 0.4) is 0 Å². The Bertz CT molecular complexity index is 1420. The van der Waals surface area contributed by atoms with Gasteiger partial charge in [-0.3, -0.25) is 9.36 Å². The van der Waals surface area contributed by atoms with E-state index in [0.29, 0.717) is 17.4 Å². The fraction of sp³-hybridized carbons (Fsp3) is 0.836. The lowest BCUT2D eigenvalue weighted by Gasteiger charge is -2.29. The molecule has 0 rings (SSSR count). The predicted molar refractivity (Wildman–Crippen MR) is 330 cm³/mol. The molecule has 0 spiro atoms. The Hall–Kier alpha value is -1.80. The van der Waals surface area contributed by atoms with Crippen LogP contribution in [0.25, 0.3) is 0 Å². The van der Waals surface area contributed by atoms with Gasteiger partial charge in [-0.2, -0.15) is 0 Å². The molecule has 0 heterocycles. The molecule has 0 fully saturated rings. The third-order valence-corrected chi connectivity index (χ3v) is 15.6. The summed E-state index contributed by atoms with van der Waals surface area (Å²) >= 11 is 0. The van der Waals surface area contributed by atoms with Crippen molar-refractivity contribution in [1.82, 2.24) is 5.32 Å².